The molecule has 0 N–H and O–H groups in total. The number of ether oxygens (including phenoxy) is 1. The minimum absolute atomic E-state index is 0.0889. The molecular formula is C16H22BrNO4S. The molecule has 2 unspecified atom stereocenters. The summed E-state index contributed by atoms with van der Waals surface area (Å²) in [5.74, 6) is -0.397. The van der Waals surface area contributed by atoms with Crippen LogP contribution >= 0.6 is 15.9 Å². The summed E-state index contributed by atoms with van der Waals surface area (Å²) in [6.45, 7) is 5.64. The van der Waals surface area contributed by atoms with Crippen molar-refractivity contribution in [1.29, 1.82) is 0 Å². The van der Waals surface area contributed by atoms with Gasteiger partial charge in [-0.05, 0) is 45.2 Å². The lowest BCUT2D eigenvalue weighted by atomic mass is 10.1. The van der Waals surface area contributed by atoms with Crippen molar-refractivity contribution in [3.05, 3.63) is 30.3 Å². The minimum Gasteiger partial charge on any atom is -0.459 e. The molecule has 23 heavy (non-hydrogen) atoms. The van der Waals surface area contributed by atoms with E-state index in [-0.39, 0.29) is 10.8 Å². The van der Waals surface area contributed by atoms with E-state index in [0.29, 0.717) is 18.3 Å². The molecule has 7 heteroatoms. The summed E-state index contributed by atoms with van der Waals surface area (Å²) < 4.78 is 32.5. The van der Waals surface area contributed by atoms with Gasteiger partial charge in [0, 0.05) is 11.9 Å². The maximum absolute atomic E-state index is 12.9. The molecule has 1 aliphatic heterocycles. The van der Waals surface area contributed by atoms with E-state index in [1.807, 2.05) is 0 Å². The van der Waals surface area contributed by atoms with E-state index < -0.39 is 27.6 Å². The molecule has 1 saturated heterocycles. The molecule has 128 valence electrons. The lowest BCUT2D eigenvalue weighted by Gasteiger charge is -2.26. The molecule has 0 radical (unpaired) electrons. The average molecular weight is 404 g/mol. The van der Waals surface area contributed by atoms with Gasteiger partial charge in [0.1, 0.15) is 11.6 Å². The number of carbonyl (C=O) groups is 1. The Balaban J connectivity index is 2.32. The first-order valence-electron chi connectivity index (χ1n) is 7.51. The minimum atomic E-state index is -3.72. The van der Waals surface area contributed by atoms with Gasteiger partial charge in [-0.1, -0.05) is 34.1 Å². The molecule has 1 aliphatic rings. The van der Waals surface area contributed by atoms with Crippen molar-refractivity contribution in [3.63, 3.8) is 0 Å². The van der Waals surface area contributed by atoms with Crippen LogP contribution in [0.2, 0.25) is 0 Å². The molecular weight excluding hydrogens is 382 g/mol. The van der Waals surface area contributed by atoms with Crippen molar-refractivity contribution in [2.75, 3.05) is 11.9 Å². The first kappa shape index (κ1) is 18.4. The highest BCUT2D eigenvalue weighted by Gasteiger charge is 2.45. The second-order valence-electron chi connectivity index (χ2n) is 6.69. The molecule has 1 aromatic rings. The number of alkyl halides is 1. The summed E-state index contributed by atoms with van der Waals surface area (Å²) in [7, 11) is -3.72. The van der Waals surface area contributed by atoms with Crippen LogP contribution < -0.4 is 0 Å². The lowest BCUT2D eigenvalue weighted by Crippen LogP contribution is -2.43. The van der Waals surface area contributed by atoms with Crippen LogP contribution in [0.3, 0.4) is 0 Å². The van der Waals surface area contributed by atoms with E-state index >= 15 is 0 Å². The largest absolute Gasteiger partial charge is 0.459 e. The predicted molar refractivity (Wildman–Crippen MR) is 91.9 cm³/mol. The number of hydrogen-bond donors (Lipinski definition) is 0. The standard InChI is InChI=1S/C16H22BrNO4S/c1-16(2,3)22-15(19)14-9-12(10-17)11-18(14)23(20,21)13-7-5-4-6-8-13/h4-8,12,14H,9-11H2,1-3H3. The lowest BCUT2D eigenvalue weighted by molar-refractivity contribution is -0.158. The molecule has 0 aliphatic carbocycles. The Bertz CT molecular complexity index is 654. The maximum Gasteiger partial charge on any atom is 0.324 e. The van der Waals surface area contributed by atoms with Gasteiger partial charge in [-0.25, -0.2) is 8.42 Å². The first-order valence-corrected chi connectivity index (χ1v) is 10.1. The highest BCUT2D eigenvalue weighted by atomic mass is 79.9. The normalized spacial score (nSPS) is 23.0. The Morgan fingerprint density at radius 3 is 2.43 bits per heavy atom. The summed E-state index contributed by atoms with van der Waals surface area (Å²) in [6, 6.07) is 7.42. The van der Waals surface area contributed by atoms with Gasteiger partial charge in [0.2, 0.25) is 10.0 Å². The van der Waals surface area contributed by atoms with Gasteiger partial charge in [0.25, 0.3) is 0 Å². The van der Waals surface area contributed by atoms with Crippen LogP contribution in [0, 0.1) is 5.92 Å². The van der Waals surface area contributed by atoms with E-state index in [1.54, 1.807) is 51.1 Å². The van der Waals surface area contributed by atoms with E-state index in [1.165, 1.54) is 4.31 Å². The molecule has 1 aromatic carbocycles. The van der Waals surface area contributed by atoms with Gasteiger partial charge >= 0.3 is 5.97 Å². The van der Waals surface area contributed by atoms with Gasteiger partial charge in [0.15, 0.2) is 0 Å². The van der Waals surface area contributed by atoms with Crippen molar-refractivity contribution >= 4 is 31.9 Å². The predicted octanol–water partition coefficient (Wildman–Crippen LogP) is 2.80. The van der Waals surface area contributed by atoms with Gasteiger partial charge < -0.3 is 4.74 Å². The SMILES string of the molecule is CC(C)(C)OC(=O)C1CC(CBr)CN1S(=O)(=O)c1ccccc1. The Kier molecular flexibility index (Phi) is 5.53. The fraction of sp³-hybridized carbons (Fsp3) is 0.562. The van der Waals surface area contributed by atoms with Crippen LogP contribution in [-0.2, 0) is 19.6 Å². The fourth-order valence-corrected chi connectivity index (χ4v) is 4.73. The topological polar surface area (TPSA) is 63.7 Å². The number of esters is 1. The summed E-state index contributed by atoms with van der Waals surface area (Å²) >= 11 is 3.39. The van der Waals surface area contributed by atoms with Crippen LogP contribution in [0.5, 0.6) is 0 Å². The number of sulfonamides is 1. The second-order valence-corrected chi connectivity index (χ2v) is 9.23. The van der Waals surface area contributed by atoms with Crippen molar-refractivity contribution < 1.29 is 17.9 Å². The van der Waals surface area contributed by atoms with Crippen LogP contribution in [0.25, 0.3) is 0 Å². The zero-order chi connectivity index (χ0) is 17.3. The van der Waals surface area contributed by atoms with Crippen molar-refractivity contribution in [2.24, 2.45) is 5.92 Å². The summed E-state index contributed by atoms with van der Waals surface area (Å²) in [5.41, 5.74) is -0.647. The Hall–Kier alpha value is -0.920. The van der Waals surface area contributed by atoms with E-state index in [2.05, 4.69) is 15.9 Å². The van der Waals surface area contributed by atoms with E-state index in [4.69, 9.17) is 4.74 Å². The third-order valence-corrected chi connectivity index (χ3v) is 6.39. The number of rotatable bonds is 4. The zero-order valence-corrected chi connectivity index (χ0v) is 15.9. The van der Waals surface area contributed by atoms with Gasteiger partial charge in [-0.2, -0.15) is 4.31 Å². The molecule has 2 rings (SSSR count). The Labute approximate surface area is 146 Å². The van der Waals surface area contributed by atoms with Crippen molar-refractivity contribution in [3.8, 4) is 0 Å². The van der Waals surface area contributed by atoms with Crippen LogP contribution in [-0.4, -0.2) is 42.2 Å². The fourth-order valence-electron chi connectivity index (χ4n) is 2.58. The molecule has 1 fully saturated rings. The maximum atomic E-state index is 12.9. The zero-order valence-electron chi connectivity index (χ0n) is 13.5. The number of nitrogens with zero attached hydrogens (tertiary/aromatic N) is 1. The third kappa shape index (κ3) is 4.33. The highest BCUT2D eigenvalue weighted by molar-refractivity contribution is 9.09. The van der Waals surface area contributed by atoms with Crippen LogP contribution in [0.4, 0.5) is 0 Å². The molecule has 5 nitrogen and oxygen atoms in total. The third-order valence-electron chi connectivity index (χ3n) is 3.59. The quantitative estimate of drug-likeness (QED) is 0.572. The first-order chi connectivity index (χ1) is 10.6. The summed E-state index contributed by atoms with van der Waals surface area (Å²) in [5, 5.41) is 0.646. The van der Waals surface area contributed by atoms with Crippen LogP contribution in [0.1, 0.15) is 27.2 Å². The second kappa shape index (κ2) is 6.91. The number of carbonyl (C=O) groups excluding carboxylic acids is 1. The molecule has 1 heterocycles. The van der Waals surface area contributed by atoms with Crippen molar-refractivity contribution in [1.82, 2.24) is 4.31 Å². The molecule has 0 bridgehead atoms. The summed E-state index contributed by atoms with van der Waals surface area (Å²) in [6.07, 6.45) is 0.465. The molecule has 0 amide bonds. The van der Waals surface area contributed by atoms with Gasteiger partial charge in [0.05, 0.1) is 4.90 Å². The van der Waals surface area contributed by atoms with E-state index in [0.717, 1.165) is 0 Å². The molecule has 2 atom stereocenters. The smallest absolute Gasteiger partial charge is 0.324 e. The molecule has 0 spiro atoms. The monoisotopic (exact) mass is 403 g/mol. The van der Waals surface area contributed by atoms with Crippen molar-refractivity contribution in [2.45, 2.75) is 43.7 Å². The number of benzene rings is 1. The number of halogens is 1. The molecule has 0 saturated carbocycles. The average Bonchev–Trinajstić information content (AvgIpc) is 2.91. The highest BCUT2D eigenvalue weighted by Crippen LogP contribution is 2.32. The Morgan fingerprint density at radius 1 is 1.30 bits per heavy atom. The van der Waals surface area contributed by atoms with E-state index in [9.17, 15) is 13.2 Å². The Morgan fingerprint density at radius 2 is 1.91 bits per heavy atom. The van der Waals surface area contributed by atoms with Gasteiger partial charge in [-0.3, -0.25) is 4.79 Å². The molecule has 0 aromatic heterocycles. The summed E-state index contributed by atoms with van der Waals surface area (Å²) in [4.78, 5) is 12.7. The number of hydrogen-bond acceptors (Lipinski definition) is 4. The van der Waals surface area contributed by atoms with Crippen LogP contribution in [0.15, 0.2) is 35.2 Å². The van der Waals surface area contributed by atoms with Gasteiger partial charge in [-0.15, -0.1) is 0 Å².